The number of alkyl halides is 3. The fourth-order valence-corrected chi connectivity index (χ4v) is 0. The molecule has 0 fully saturated rings. The van der Waals surface area contributed by atoms with Gasteiger partial charge >= 0.3 is 25.0 Å². The Labute approximate surface area is 60.1 Å². The van der Waals surface area contributed by atoms with E-state index in [-0.39, 0.29) is 28.3 Å². The van der Waals surface area contributed by atoms with E-state index in [1.165, 1.54) is 0 Å². The number of rotatable bonds is 0. The van der Waals surface area contributed by atoms with Crippen molar-refractivity contribution in [2.24, 2.45) is 0 Å². The Morgan fingerprint density at radius 3 is 1.22 bits per heavy atom. The largest absolute Gasteiger partial charge is 1.00 e. The number of hydrogen-bond donors (Lipinski definition) is 0. The first-order valence-electron chi connectivity index (χ1n) is 1.21. The van der Waals surface area contributed by atoms with Crippen LogP contribution >= 0.6 is 0 Å². The molecule has 0 N–H and O–H groups in total. The van der Waals surface area contributed by atoms with Gasteiger partial charge in [0.1, 0.15) is 0 Å². The predicted octanol–water partition coefficient (Wildman–Crippen LogP) is -9.08. The first-order chi connectivity index (χ1) is 2.56. The maximum atomic E-state index is 10.5. The Morgan fingerprint density at radius 2 is 1.22 bits per heavy atom. The second-order valence-corrected chi connectivity index (χ2v) is 0.760. The van der Waals surface area contributed by atoms with Crippen LogP contribution in [0.5, 0.6) is 0 Å². The SMILES string of the molecule is [F-].[F-].[Li+].[O-]CC(F)(F)F. The Hall–Kier alpha value is 0.207. The van der Waals surface area contributed by atoms with Gasteiger partial charge < -0.3 is 14.5 Å². The molecule has 0 spiro atoms. The molecule has 1 nitrogen and oxygen atoms in total. The van der Waals surface area contributed by atoms with Crippen molar-refractivity contribution in [2.75, 3.05) is 6.61 Å². The zero-order valence-electron chi connectivity index (χ0n) is 4.51. The van der Waals surface area contributed by atoms with E-state index >= 15 is 0 Å². The van der Waals surface area contributed by atoms with Gasteiger partial charge in [0.05, 0.1) is 0 Å². The van der Waals surface area contributed by atoms with Crippen LogP contribution in [0.25, 0.3) is 0 Å². The Morgan fingerprint density at radius 1 is 1.11 bits per heavy atom. The van der Waals surface area contributed by atoms with Gasteiger partial charge in [-0.3, -0.25) is 0 Å². The van der Waals surface area contributed by atoms with Gasteiger partial charge in [-0.15, -0.1) is 0 Å². The van der Waals surface area contributed by atoms with Crippen molar-refractivity contribution in [3.63, 3.8) is 0 Å². The van der Waals surface area contributed by atoms with E-state index in [0.717, 1.165) is 0 Å². The Bertz CT molecular complexity index is 44.7. The van der Waals surface area contributed by atoms with Gasteiger partial charge in [-0.1, -0.05) is 0 Å². The summed E-state index contributed by atoms with van der Waals surface area (Å²) in [5.74, 6) is 0. The van der Waals surface area contributed by atoms with Crippen molar-refractivity contribution < 1.29 is 46.5 Å². The average Bonchev–Trinajstić information content (AvgIpc) is 1.35. The van der Waals surface area contributed by atoms with E-state index in [2.05, 4.69) is 0 Å². The van der Waals surface area contributed by atoms with Crippen molar-refractivity contribution in [1.82, 2.24) is 0 Å². The number of halogens is 5. The van der Waals surface area contributed by atoms with Gasteiger partial charge in [0.25, 0.3) is 0 Å². The van der Waals surface area contributed by atoms with Crippen LogP contribution in [0.4, 0.5) is 13.2 Å². The predicted molar refractivity (Wildman–Crippen MR) is 10.9 cm³/mol. The molecule has 0 saturated carbocycles. The molecule has 0 aliphatic rings. The second-order valence-electron chi connectivity index (χ2n) is 0.760. The quantitative estimate of drug-likeness (QED) is 0.244. The van der Waals surface area contributed by atoms with Crippen molar-refractivity contribution in [3.8, 4) is 0 Å². The van der Waals surface area contributed by atoms with Crippen LogP contribution in [0.15, 0.2) is 0 Å². The van der Waals surface area contributed by atoms with E-state index in [1.807, 2.05) is 0 Å². The van der Waals surface area contributed by atoms with Crippen LogP contribution in [-0.2, 0) is 0 Å². The molecular weight excluding hydrogens is 142 g/mol. The van der Waals surface area contributed by atoms with Crippen LogP contribution < -0.4 is 33.4 Å². The monoisotopic (exact) mass is 144 g/mol. The molecule has 0 amide bonds. The minimum atomic E-state index is -4.51. The molecule has 54 valence electrons. The number of hydrogen-bond acceptors (Lipinski definition) is 1. The molecule has 0 radical (unpaired) electrons. The normalized spacial score (nSPS) is 8.00. The maximum Gasteiger partial charge on any atom is 1.00 e. The molecule has 0 aliphatic heterocycles. The van der Waals surface area contributed by atoms with Crippen molar-refractivity contribution in [1.29, 1.82) is 0 Å². The molecule has 0 aromatic carbocycles. The molecule has 0 atom stereocenters. The summed E-state index contributed by atoms with van der Waals surface area (Å²) < 4.78 is 31.4. The molecule has 0 aromatic heterocycles. The molecule has 0 aromatic rings. The van der Waals surface area contributed by atoms with E-state index in [4.69, 9.17) is 5.11 Å². The first-order valence-corrected chi connectivity index (χ1v) is 1.21. The third-order valence-electron chi connectivity index (χ3n) is 0.164. The smallest absolute Gasteiger partial charge is 1.00 e. The molecule has 9 heavy (non-hydrogen) atoms. The molecule has 0 rings (SSSR count). The summed E-state index contributed by atoms with van der Waals surface area (Å²) in [6.45, 7) is -1.98. The van der Waals surface area contributed by atoms with Gasteiger partial charge in [-0.05, 0) is 6.61 Å². The van der Waals surface area contributed by atoms with E-state index in [0.29, 0.717) is 0 Å². The van der Waals surface area contributed by atoms with E-state index in [1.54, 1.807) is 0 Å². The minimum Gasteiger partial charge on any atom is -1.00 e. The topological polar surface area (TPSA) is 23.1 Å². The summed E-state index contributed by atoms with van der Waals surface area (Å²) in [6.07, 6.45) is -4.51. The van der Waals surface area contributed by atoms with Crippen LogP contribution in [0.1, 0.15) is 0 Å². The van der Waals surface area contributed by atoms with Crippen LogP contribution in [0, 0.1) is 0 Å². The van der Waals surface area contributed by atoms with Crippen LogP contribution in [-0.4, -0.2) is 12.8 Å². The van der Waals surface area contributed by atoms with Gasteiger partial charge in [0.2, 0.25) is 0 Å². The fourth-order valence-electron chi connectivity index (χ4n) is 0. The first kappa shape index (κ1) is 22.9. The summed E-state index contributed by atoms with van der Waals surface area (Å²) in [5, 5.41) is 8.83. The standard InChI is InChI=1S/C2H2F3O.2FH.Li/c3-2(4,5)1-6;;;/h1H2;2*1H;/q-1;;;+1/p-2. The molecular formula is C2H2F5LiO-2. The third-order valence-corrected chi connectivity index (χ3v) is 0.164. The van der Waals surface area contributed by atoms with Crippen LogP contribution in [0.2, 0.25) is 0 Å². The van der Waals surface area contributed by atoms with Gasteiger partial charge in [0.15, 0.2) is 0 Å². The molecule has 7 heteroatoms. The molecule has 0 saturated heterocycles. The summed E-state index contributed by atoms with van der Waals surface area (Å²) in [4.78, 5) is 0. The molecule has 0 unspecified atom stereocenters. The Kier molecular flexibility index (Phi) is 20.9. The fraction of sp³-hybridized carbons (Fsp3) is 1.00. The Balaban J connectivity index is -0.0000000417. The maximum absolute atomic E-state index is 10.5. The van der Waals surface area contributed by atoms with E-state index < -0.39 is 12.8 Å². The van der Waals surface area contributed by atoms with E-state index in [9.17, 15) is 13.2 Å². The third kappa shape index (κ3) is 30.7. The summed E-state index contributed by atoms with van der Waals surface area (Å²) in [6, 6.07) is 0. The zero-order valence-corrected chi connectivity index (χ0v) is 4.51. The van der Waals surface area contributed by atoms with Crippen molar-refractivity contribution >= 4 is 0 Å². The second kappa shape index (κ2) is 8.21. The molecule has 0 bridgehead atoms. The van der Waals surface area contributed by atoms with Gasteiger partial charge in [-0.2, -0.15) is 13.2 Å². The minimum absolute atomic E-state index is 0. The zero-order chi connectivity index (χ0) is 5.21. The summed E-state index contributed by atoms with van der Waals surface area (Å²) in [7, 11) is 0. The molecule has 0 heterocycles. The average molecular weight is 144 g/mol. The van der Waals surface area contributed by atoms with Gasteiger partial charge in [-0.25, -0.2) is 0 Å². The van der Waals surface area contributed by atoms with Crippen molar-refractivity contribution in [3.05, 3.63) is 0 Å². The van der Waals surface area contributed by atoms with Crippen molar-refractivity contribution in [2.45, 2.75) is 6.18 Å². The van der Waals surface area contributed by atoms with Crippen LogP contribution in [0.3, 0.4) is 0 Å². The summed E-state index contributed by atoms with van der Waals surface area (Å²) >= 11 is 0. The molecule has 0 aliphatic carbocycles. The van der Waals surface area contributed by atoms with Gasteiger partial charge in [0, 0.05) is 0 Å². The summed E-state index contributed by atoms with van der Waals surface area (Å²) in [5.41, 5.74) is 0.